The van der Waals surface area contributed by atoms with Gasteiger partial charge < -0.3 is 10.0 Å². The zero-order valence-electron chi connectivity index (χ0n) is 9.85. The third-order valence-electron chi connectivity index (χ3n) is 2.68. The van der Waals surface area contributed by atoms with Crippen molar-refractivity contribution in [2.75, 3.05) is 32.0 Å². The van der Waals surface area contributed by atoms with Crippen molar-refractivity contribution in [3.8, 4) is 0 Å². The van der Waals surface area contributed by atoms with Crippen LogP contribution in [0.4, 0.5) is 0 Å². The first-order chi connectivity index (χ1) is 7.53. The second-order valence-corrected chi connectivity index (χ2v) is 6.30. The smallest absolute Gasteiger partial charge is 0.211 e. The van der Waals surface area contributed by atoms with E-state index >= 15 is 0 Å². The van der Waals surface area contributed by atoms with Crippen molar-refractivity contribution in [2.45, 2.75) is 32.2 Å². The molecule has 1 aliphatic rings. The summed E-state index contributed by atoms with van der Waals surface area (Å²) in [6.07, 6.45) is 2.72. The molecule has 1 unspecified atom stereocenters. The molecule has 1 rings (SSSR count). The van der Waals surface area contributed by atoms with Gasteiger partial charge in [-0.05, 0) is 39.3 Å². The molecule has 0 saturated carbocycles. The summed E-state index contributed by atoms with van der Waals surface area (Å²) in [6, 6.07) is -0.0539. The van der Waals surface area contributed by atoms with Gasteiger partial charge in [-0.15, -0.1) is 0 Å². The van der Waals surface area contributed by atoms with Gasteiger partial charge in [-0.25, -0.2) is 13.1 Å². The predicted molar refractivity (Wildman–Crippen MR) is 63.8 cm³/mol. The van der Waals surface area contributed by atoms with E-state index in [2.05, 4.69) is 9.62 Å². The Bertz CT molecular complexity index is 286. The number of nitrogens with zero attached hydrogens (tertiary/aromatic N) is 1. The summed E-state index contributed by atoms with van der Waals surface area (Å²) in [5, 5.41) is 8.59. The van der Waals surface area contributed by atoms with Gasteiger partial charge in [0.2, 0.25) is 10.0 Å². The number of aliphatic hydroxyl groups is 1. The number of likely N-dealkylation sites (tertiary alicyclic amines) is 1. The zero-order valence-corrected chi connectivity index (χ0v) is 10.7. The highest BCUT2D eigenvalue weighted by molar-refractivity contribution is 7.89. The molecule has 1 fully saturated rings. The molecular weight excluding hydrogens is 228 g/mol. The monoisotopic (exact) mass is 250 g/mol. The van der Waals surface area contributed by atoms with Crippen LogP contribution >= 0.6 is 0 Å². The van der Waals surface area contributed by atoms with E-state index in [-0.39, 0.29) is 18.4 Å². The van der Waals surface area contributed by atoms with Crippen molar-refractivity contribution in [3.63, 3.8) is 0 Å². The first kappa shape index (κ1) is 13.9. The van der Waals surface area contributed by atoms with Gasteiger partial charge in [-0.3, -0.25) is 0 Å². The van der Waals surface area contributed by atoms with Crippen LogP contribution in [0.5, 0.6) is 0 Å². The Labute approximate surface area is 97.9 Å². The number of rotatable bonds is 7. The van der Waals surface area contributed by atoms with Gasteiger partial charge in [-0.1, -0.05) is 0 Å². The summed E-state index contributed by atoms with van der Waals surface area (Å²) in [6.45, 7) is 4.72. The van der Waals surface area contributed by atoms with E-state index in [1.165, 1.54) is 12.8 Å². The summed E-state index contributed by atoms with van der Waals surface area (Å²) in [5.41, 5.74) is 0. The zero-order chi connectivity index (χ0) is 12.0. The molecule has 1 atom stereocenters. The molecule has 0 amide bonds. The summed E-state index contributed by atoms with van der Waals surface area (Å²) in [7, 11) is -3.22. The number of aliphatic hydroxyl groups excluding tert-OH is 1. The van der Waals surface area contributed by atoms with Crippen molar-refractivity contribution >= 4 is 10.0 Å². The quantitative estimate of drug-likeness (QED) is 0.655. The molecule has 0 spiro atoms. The molecule has 0 aliphatic carbocycles. The second-order valence-electron chi connectivity index (χ2n) is 4.42. The fourth-order valence-corrected chi connectivity index (χ4v) is 3.32. The van der Waals surface area contributed by atoms with E-state index in [0.29, 0.717) is 6.42 Å². The highest BCUT2D eigenvalue weighted by Gasteiger charge is 2.18. The molecule has 0 aromatic rings. The minimum atomic E-state index is -3.22. The van der Waals surface area contributed by atoms with Gasteiger partial charge in [-0.2, -0.15) is 0 Å². The van der Waals surface area contributed by atoms with Crippen LogP contribution in [0.25, 0.3) is 0 Å². The molecule has 96 valence electrons. The maximum Gasteiger partial charge on any atom is 0.211 e. The van der Waals surface area contributed by atoms with Crippen LogP contribution in [0.3, 0.4) is 0 Å². The molecule has 5 nitrogen and oxygen atoms in total. The fourth-order valence-electron chi connectivity index (χ4n) is 2.01. The molecule has 0 aromatic carbocycles. The maximum absolute atomic E-state index is 11.5. The minimum Gasteiger partial charge on any atom is -0.396 e. The van der Waals surface area contributed by atoms with Crippen LogP contribution in [-0.4, -0.2) is 56.5 Å². The van der Waals surface area contributed by atoms with Gasteiger partial charge in [0.15, 0.2) is 0 Å². The molecule has 1 saturated heterocycles. The van der Waals surface area contributed by atoms with Crippen LogP contribution in [0.2, 0.25) is 0 Å². The van der Waals surface area contributed by atoms with Crippen molar-refractivity contribution in [2.24, 2.45) is 0 Å². The van der Waals surface area contributed by atoms with Crippen molar-refractivity contribution in [1.29, 1.82) is 0 Å². The van der Waals surface area contributed by atoms with Gasteiger partial charge >= 0.3 is 0 Å². The first-order valence-electron chi connectivity index (χ1n) is 5.87. The Kier molecular flexibility index (Phi) is 5.68. The highest BCUT2D eigenvalue weighted by atomic mass is 32.2. The fraction of sp³-hybridized carbons (Fsp3) is 1.00. The lowest BCUT2D eigenvalue weighted by Gasteiger charge is -2.21. The Balaban J connectivity index is 2.28. The standard InChI is InChI=1S/C10H22N2O3S/c1-10(9-12-5-2-3-6-12)11-16(14,15)8-4-7-13/h10-11,13H,2-9H2,1H3. The second kappa shape index (κ2) is 6.54. The Morgan fingerprint density at radius 3 is 2.56 bits per heavy atom. The minimum absolute atomic E-state index is 0.00778. The van der Waals surface area contributed by atoms with Crippen LogP contribution in [0.1, 0.15) is 26.2 Å². The lowest BCUT2D eigenvalue weighted by Crippen LogP contribution is -2.42. The van der Waals surface area contributed by atoms with Crippen LogP contribution in [-0.2, 0) is 10.0 Å². The topological polar surface area (TPSA) is 69.6 Å². The molecule has 1 heterocycles. The van der Waals surface area contributed by atoms with Crippen molar-refractivity contribution in [1.82, 2.24) is 9.62 Å². The van der Waals surface area contributed by atoms with E-state index in [1.54, 1.807) is 0 Å². The average molecular weight is 250 g/mol. The lowest BCUT2D eigenvalue weighted by atomic mass is 10.3. The first-order valence-corrected chi connectivity index (χ1v) is 7.52. The predicted octanol–water partition coefficient (Wildman–Crippen LogP) is -0.227. The molecule has 16 heavy (non-hydrogen) atoms. The van der Waals surface area contributed by atoms with Crippen molar-refractivity contribution in [3.05, 3.63) is 0 Å². The highest BCUT2D eigenvalue weighted by Crippen LogP contribution is 2.07. The molecule has 0 radical (unpaired) electrons. The third kappa shape index (κ3) is 5.25. The van der Waals surface area contributed by atoms with E-state index in [0.717, 1.165) is 19.6 Å². The van der Waals surface area contributed by atoms with Crippen molar-refractivity contribution < 1.29 is 13.5 Å². The van der Waals surface area contributed by atoms with Crippen LogP contribution in [0, 0.1) is 0 Å². The number of sulfonamides is 1. The number of nitrogens with one attached hydrogen (secondary N) is 1. The largest absolute Gasteiger partial charge is 0.396 e. The molecule has 0 aromatic heterocycles. The average Bonchev–Trinajstić information content (AvgIpc) is 2.66. The number of hydrogen-bond acceptors (Lipinski definition) is 4. The van der Waals surface area contributed by atoms with Gasteiger partial charge in [0.25, 0.3) is 0 Å². The molecule has 2 N–H and O–H groups in total. The van der Waals surface area contributed by atoms with E-state index in [9.17, 15) is 8.42 Å². The van der Waals surface area contributed by atoms with E-state index in [4.69, 9.17) is 5.11 Å². The lowest BCUT2D eigenvalue weighted by molar-refractivity contribution is 0.294. The molecule has 0 bridgehead atoms. The molecular formula is C10H22N2O3S. The Morgan fingerprint density at radius 2 is 2.00 bits per heavy atom. The third-order valence-corrected chi connectivity index (χ3v) is 4.27. The summed E-state index contributed by atoms with van der Waals surface area (Å²) in [4.78, 5) is 2.28. The summed E-state index contributed by atoms with van der Waals surface area (Å²) in [5.74, 6) is 0.00778. The molecule has 6 heteroatoms. The van der Waals surface area contributed by atoms with Gasteiger partial charge in [0, 0.05) is 19.2 Å². The van der Waals surface area contributed by atoms with Crippen LogP contribution in [0.15, 0.2) is 0 Å². The molecule has 1 aliphatic heterocycles. The normalized spacial score (nSPS) is 20.1. The van der Waals surface area contributed by atoms with Gasteiger partial charge in [0.05, 0.1) is 5.75 Å². The summed E-state index contributed by atoms with van der Waals surface area (Å²) < 4.78 is 25.7. The van der Waals surface area contributed by atoms with E-state index in [1.807, 2.05) is 6.92 Å². The Hall–Kier alpha value is -0.170. The SMILES string of the molecule is CC(CN1CCCC1)NS(=O)(=O)CCCO. The van der Waals surface area contributed by atoms with E-state index < -0.39 is 10.0 Å². The number of hydrogen-bond donors (Lipinski definition) is 2. The Morgan fingerprint density at radius 1 is 1.38 bits per heavy atom. The van der Waals surface area contributed by atoms with Crippen LogP contribution < -0.4 is 4.72 Å². The summed E-state index contributed by atoms with van der Waals surface area (Å²) >= 11 is 0. The van der Waals surface area contributed by atoms with Gasteiger partial charge in [0.1, 0.15) is 0 Å². The maximum atomic E-state index is 11.5.